The Bertz CT molecular complexity index is 371. The molecule has 2 heteroatoms. The maximum atomic E-state index is 5.57. The van der Waals surface area contributed by atoms with Crippen LogP contribution in [0.2, 0.25) is 0 Å². The number of benzene rings is 1. The van der Waals surface area contributed by atoms with E-state index in [4.69, 9.17) is 5.73 Å². The lowest BCUT2D eigenvalue weighted by molar-refractivity contribution is 0.625. The molecule has 0 atom stereocenters. The second kappa shape index (κ2) is 5.54. The lowest BCUT2D eigenvalue weighted by atomic mass is 9.96. The van der Waals surface area contributed by atoms with Crippen LogP contribution in [0.4, 0.5) is 5.69 Å². The van der Waals surface area contributed by atoms with E-state index in [-0.39, 0.29) is 0 Å². The van der Waals surface area contributed by atoms with Crippen molar-refractivity contribution in [2.45, 2.75) is 45.6 Å². The zero-order valence-corrected chi connectivity index (χ0v) is 11.1. The molecule has 2 rings (SSSR count). The topological polar surface area (TPSA) is 29.3 Å². The van der Waals surface area contributed by atoms with Crippen LogP contribution in [0.1, 0.15) is 37.8 Å². The van der Waals surface area contributed by atoms with Gasteiger partial charge in [-0.1, -0.05) is 12.1 Å². The SMILES string of the molecule is CC(C)N1CCCc2cc(CCCN)ccc21. The summed E-state index contributed by atoms with van der Waals surface area (Å²) in [6.45, 7) is 6.54. The van der Waals surface area contributed by atoms with Gasteiger partial charge in [0.1, 0.15) is 0 Å². The molecule has 17 heavy (non-hydrogen) atoms. The Labute approximate surface area is 105 Å². The zero-order valence-electron chi connectivity index (χ0n) is 11.1. The van der Waals surface area contributed by atoms with Crippen LogP contribution in [-0.4, -0.2) is 19.1 Å². The first kappa shape index (κ1) is 12.4. The Kier molecular flexibility index (Phi) is 4.06. The number of anilines is 1. The first-order valence-electron chi connectivity index (χ1n) is 6.81. The first-order valence-corrected chi connectivity index (χ1v) is 6.81. The first-order chi connectivity index (χ1) is 8.22. The predicted octanol–water partition coefficient (Wildman–Crippen LogP) is 2.74. The summed E-state index contributed by atoms with van der Waals surface area (Å²) in [7, 11) is 0. The fourth-order valence-electron chi connectivity index (χ4n) is 2.68. The summed E-state index contributed by atoms with van der Waals surface area (Å²) in [6.07, 6.45) is 4.72. The third-order valence-electron chi connectivity index (χ3n) is 3.59. The van der Waals surface area contributed by atoms with Gasteiger partial charge in [-0.15, -0.1) is 0 Å². The molecule has 0 aromatic heterocycles. The van der Waals surface area contributed by atoms with Crippen LogP contribution in [0.5, 0.6) is 0 Å². The van der Waals surface area contributed by atoms with Crippen molar-refractivity contribution < 1.29 is 0 Å². The molecule has 0 radical (unpaired) electrons. The molecule has 1 heterocycles. The van der Waals surface area contributed by atoms with Crippen molar-refractivity contribution in [3.05, 3.63) is 29.3 Å². The van der Waals surface area contributed by atoms with Crippen molar-refractivity contribution in [2.24, 2.45) is 5.73 Å². The number of hydrogen-bond donors (Lipinski definition) is 1. The van der Waals surface area contributed by atoms with Gasteiger partial charge in [-0.25, -0.2) is 0 Å². The van der Waals surface area contributed by atoms with E-state index < -0.39 is 0 Å². The second-order valence-corrected chi connectivity index (χ2v) is 5.25. The van der Waals surface area contributed by atoms with Crippen molar-refractivity contribution >= 4 is 5.69 Å². The number of rotatable bonds is 4. The molecule has 2 N–H and O–H groups in total. The van der Waals surface area contributed by atoms with E-state index in [2.05, 4.69) is 36.9 Å². The minimum absolute atomic E-state index is 0.601. The Balaban J connectivity index is 2.20. The van der Waals surface area contributed by atoms with Crippen molar-refractivity contribution in [3.63, 3.8) is 0 Å². The average Bonchev–Trinajstić information content (AvgIpc) is 2.35. The molecule has 1 aromatic carbocycles. The monoisotopic (exact) mass is 232 g/mol. The molecule has 94 valence electrons. The van der Waals surface area contributed by atoms with Crippen LogP contribution in [0.25, 0.3) is 0 Å². The molecule has 0 saturated carbocycles. The fraction of sp³-hybridized carbons (Fsp3) is 0.600. The molecule has 0 bridgehead atoms. The molecular formula is C15H24N2. The van der Waals surface area contributed by atoms with Gasteiger partial charge in [0.25, 0.3) is 0 Å². The highest BCUT2D eigenvalue weighted by atomic mass is 15.2. The van der Waals surface area contributed by atoms with Gasteiger partial charge < -0.3 is 10.6 Å². The van der Waals surface area contributed by atoms with Crippen molar-refractivity contribution in [3.8, 4) is 0 Å². The van der Waals surface area contributed by atoms with E-state index in [1.165, 1.54) is 36.2 Å². The molecule has 1 aliphatic heterocycles. The maximum Gasteiger partial charge on any atom is 0.0401 e. The van der Waals surface area contributed by atoms with E-state index >= 15 is 0 Å². The number of hydrogen-bond acceptors (Lipinski definition) is 2. The molecule has 0 fully saturated rings. The smallest absolute Gasteiger partial charge is 0.0401 e. The van der Waals surface area contributed by atoms with Crippen LogP contribution >= 0.6 is 0 Å². The molecule has 0 unspecified atom stereocenters. The normalized spacial score (nSPS) is 15.2. The van der Waals surface area contributed by atoms with Gasteiger partial charge in [0, 0.05) is 18.3 Å². The van der Waals surface area contributed by atoms with Gasteiger partial charge in [-0.2, -0.15) is 0 Å². The largest absolute Gasteiger partial charge is 0.369 e. The summed E-state index contributed by atoms with van der Waals surface area (Å²) in [6, 6.07) is 7.57. The lowest BCUT2D eigenvalue weighted by Gasteiger charge is -2.35. The zero-order chi connectivity index (χ0) is 12.3. The van der Waals surface area contributed by atoms with Gasteiger partial charge in [-0.3, -0.25) is 0 Å². The van der Waals surface area contributed by atoms with Crippen LogP contribution in [0, 0.1) is 0 Å². The summed E-state index contributed by atoms with van der Waals surface area (Å²) < 4.78 is 0. The van der Waals surface area contributed by atoms with E-state index in [1.54, 1.807) is 0 Å². The lowest BCUT2D eigenvalue weighted by Crippen LogP contribution is -2.35. The molecule has 2 nitrogen and oxygen atoms in total. The molecule has 1 aliphatic rings. The van der Waals surface area contributed by atoms with Gasteiger partial charge in [0.05, 0.1) is 0 Å². The quantitative estimate of drug-likeness (QED) is 0.865. The summed E-state index contributed by atoms with van der Waals surface area (Å²) in [5.74, 6) is 0. The Morgan fingerprint density at radius 1 is 1.35 bits per heavy atom. The standard InChI is InChI=1S/C15H24N2/c1-12(2)17-10-4-6-14-11-13(5-3-9-16)7-8-15(14)17/h7-8,11-12H,3-6,9-10,16H2,1-2H3. The fourth-order valence-corrected chi connectivity index (χ4v) is 2.68. The summed E-state index contributed by atoms with van der Waals surface area (Å²) >= 11 is 0. The highest BCUT2D eigenvalue weighted by molar-refractivity contribution is 5.57. The van der Waals surface area contributed by atoms with Crippen molar-refractivity contribution in [2.75, 3.05) is 18.0 Å². The van der Waals surface area contributed by atoms with Crippen LogP contribution in [0.15, 0.2) is 18.2 Å². The third kappa shape index (κ3) is 2.81. The van der Waals surface area contributed by atoms with Crippen molar-refractivity contribution in [1.82, 2.24) is 0 Å². The van der Waals surface area contributed by atoms with E-state index in [9.17, 15) is 0 Å². The van der Waals surface area contributed by atoms with E-state index in [0.29, 0.717) is 6.04 Å². The second-order valence-electron chi connectivity index (χ2n) is 5.25. The van der Waals surface area contributed by atoms with Crippen molar-refractivity contribution in [1.29, 1.82) is 0 Å². The molecule has 0 saturated heterocycles. The summed E-state index contributed by atoms with van der Waals surface area (Å²) in [5.41, 5.74) is 9.99. The van der Waals surface area contributed by atoms with E-state index in [1.807, 2.05) is 0 Å². The van der Waals surface area contributed by atoms with Gasteiger partial charge in [0.2, 0.25) is 0 Å². The maximum absolute atomic E-state index is 5.57. The molecule has 0 spiro atoms. The number of nitrogens with two attached hydrogens (primary N) is 1. The predicted molar refractivity (Wildman–Crippen MR) is 74.6 cm³/mol. The molecular weight excluding hydrogens is 208 g/mol. The summed E-state index contributed by atoms with van der Waals surface area (Å²) in [5, 5.41) is 0. The molecule has 1 aromatic rings. The molecule has 0 aliphatic carbocycles. The van der Waals surface area contributed by atoms with Gasteiger partial charge >= 0.3 is 0 Å². The van der Waals surface area contributed by atoms with E-state index in [0.717, 1.165) is 19.4 Å². The Morgan fingerprint density at radius 2 is 2.18 bits per heavy atom. The third-order valence-corrected chi connectivity index (χ3v) is 3.59. The van der Waals surface area contributed by atoms with Crippen LogP contribution < -0.4 is 10.6 Å². The minimum atomic E-state index is 0.601. The Hall–Kier alpha value is -1.02. The van der Waals surface area contributed by atoms with Crippen LogP contribution in [-0.2, 0) is 12.8 Å². The Morgan fingerprint density at radius 3 is 2.88 bits per heavy atom. The number of nitrogens with zero attached hydrogens (tertiary/aromatic N) is 1. The van der Waals surface area contributed by atoms with Crippen LogP contribution in [0.3, 0.4) is 0 Å². The highest BCUT2D eigenvalue weighted by Gasteiger charge is 2.18. The average molecular weight is 232 g/mol. The number of aryl methyl sites for hydroxylation is 2. The number of fused-ring (bicyclic) bond motifs is 1. The summed E-state index contributed by atoms with van der Waals surface area (Å²) in [4.78, 5) is 2.52. The minimum Gasteiger partial charge on any atom is -0.369 e. The highest BCUT2D eigenvalue weighted by Crippen LogP contribution is 2.29. The van der Waals surface area contributed by atoms with Gasteiger partial charge in [-0.05, 0) is 63.3 Å². The van der Waals surface area contributed by atoms with Gasteiger partial charge in [0.15, 0.2) is 0 Å². The molecule has 0 amide bonds.